The maximum Gasteiger partial charge on any atom is 2.00 e. The number of carboxylic acid groups (broad SMARTS) is 2. The first-order valence-corrected chi connectivity index (χ1v) is 20.6. The zero-order valence-electron chi connectivity index (χ0n) is 32.3. The van der Waals surface area contributed by atoms with Crippen molar-refractivity contribution in [3.05, 3.63) is 6.92 Å². The minimum absolute atomic E-state index is 0. The molecule has 281 valence electrons. The van der Waals surface area contributed by atoms with E-state index in [-0.39, 0.29) is 38.2 Å². The van der Waals surface area contributed by atoms with Gasteiger partial charge in [-0.15, -0.1) is 0 Å². The molecule has 0 atom stereocenters. The van der Waals surface area contributed by atoms with Crippen molar-refractivity contribution in [2.75, 3.05) is 0 Å². The van der Waals surface area contributed by atoms with E-state index >= 15 is 0 Å². The van der Waals surface area contributed by atoms with Gasteiger partial charge in [-0.3, -0.25) is 0 Å². The number of hydrogen-bond acceptors (Lipinski definition) is 4. The molecule has 47 heavy (non-hydrogen) atoms. The molecule has 0 aliphatic heterocycles. The van der Waals surface area contributed by atoms with E-state index in [2.05, 4.69) is 27.7 Å². The monoisotopic (exact) mass is 774 g/mol. The normalized spacial score (nSPS) is 10.4. The number of carbonyl (C=O) groups excluding carboxylic acids is 2. The topological polar surface area (TPSA) is 80.3 Å². The van der Waals surface area contributed by atoms with Gasteiger partial charge in [0.2, 0.25) is 0 Å². The maximum atomic E-state index is 10.2. The molecule has 0 amide bonds. The predicted molar refractivity (Wildman–Crippen MR) is 206 cm³/mol. The summed E-state index contributed by atoms with van der Waals surface area (Å²) in [6.45, 7) is 10.5. The van der Waals surface area contributed by atoms with Crippen LogP contribution in [0.2, 0.25) is 0 Å². The summed E-state index contributed by atoms with van der Waals surface area (Å²) in [6.07, 6.45) is 44.8. The van der Waals surface area contributed by atoms with Crippen LogP contribution in [0.4, 0.5) is 0 Å². The van der Waals surface area contributed by atoms with Gasteiger partial charge in [-0.2, -0.15) is 0 Å². The minimum atomic E-state index is -0.904. The number of aliphatic carboxylic acids is 2. The number of carbonyl (C=O) groups is 2. The quantitative estimate of drug-likeness (QED) is 0.0475. The Morgan fingerprint density at radius 1 is 0.362 bits per heavy atom. The van der Waals surface area contributed by atoms with Crippen LogP contribution in [0.5, 0.6) is 0 Å². The number of rotatable bonds is 35. The second kappa shape index (κ2) is 52.5. The third-order valence-electron chi connectivity index (χ3n) is 8.82. The predicted octanol–water partition coefficient (Wildman–Crippen LogP) is 12.3. The van der Waals surface area contributed by atoms with Crippen molar-refractivity contribution >= 4 is 35.8 Å². The smallest absolute Gasteiger partial charge is 0.550 e. The Labute approximate surface area is 314 Å². The van der Waals surface area contributed by atoms with E-state index in [1.807, 2.05) is 0 Å². The van der Waals surface area contributed by atoms with Crippen LogP contribution in [0, 0.1) is 6.92 Å². The Balaban J connectivity index is -0.000000203. The summed E-state index contributed by atoms with van der Waals surface area (Å²) in [6, 6.07) is 0. The van der Waals surface area contributed by atoms with Crippen LogP contribution >= 0.6 is 0 Å². The molecule has 4 nitrogen and oxygen atoms in total. The first-order chi connectivity index (χ1) is 22.5. The van der Waals surface area contributed by atoms with Crippen LogP contribution < -0.4 is 10.2 Å². The van der Waals surface area contributed by atoms with Gasteiger partial charge in [0, 0.05) is 13.4 Å². The van der Waals surface area contributed by atoms with E-state index in [1.54, 1.807) is 0 Å². The van der Waals surface area contributed by atoms with Crippen LogP contribution in [0.3, 0.4) is 0 Å². The Bertz CT molecular complexity index is 514. The molecule has 0 aromatic heterocycles. The van der Waals surface area contributed by atoms with Crippen molar-refractivity contribution in [3.63, 3.8) is 0 Å². The van der Waals surface area contributed by atoms with Crippen molar-refractivity contribution in [2.45, 2.75) is 252 Å². The molecule has 0 aliphatic rings. The molecular weight excluding hydrogens is 687 g/mol. The molecule has 0 aromatic rings. The van der Waals surface area contributed by atoms with Gasteiger partial charge in [-0.25, -0.2) is 0 Å². The van der Waals surface area contributed by atoms with E-state index < -0.39 is 11.9 Å². The average molecular weight is 773 g/mol. The third kappa shape index (κ3) is 64.8. The van der Waals surface area contributed by atoms with Gasteiger partial charge >= 0.3 is 23.9 Å². The molecule has 0 spiro atoms. The van der Waals surface area contributed by atoms with Gasteiger partial charge < -0.3 is 19.8 Å². The molecule has 3 radical (unpaired) electrons. The largest absolute Gasteiger partial charge is 2.00 e. The molecular formula is C42H85O4Sn. The second-order valence-corrected chi connectivity index (χ2v) is 13.7. The SMILES string of the molecule is CCCCCCCCCCCCCCCCC(=O)[O-].CCCCCCCCCCCCCCCCC(=O)[O-].[CH2]CCCCCCC.[HH].[Sn+2]. The minimum Gasteiger partial charge on any atom is -0.550 e. The van der Waals surface area contributed by atoms with Crippen molar-refractivity contribution in [1.82, 2.24) is 0 Å². The van der Waals surface area contributed by atoms with Crippen LogP contribution in [0.15, 0.2) is 0 Å². The molecule has 0 heterocycles. The summed E-state index contributed by atoms with van der Waals surface area (Å²) in [7, 11) is 0. The molecule has 0 aromatic carbocycles. The van der Waals surface area contributed by atoms with Crippen molar-refractivity contribution < 1.29 is 21.2 Å². The molecule has 0 fully saturated rings. The zero-order valence-corrected chi connectivity index (χ0v) is 35.2. The Kier molecular flexibility index (Phi) is 59.9. The van der Waals surface area contributed by atoms with E-state index in [0.29, 0.717) is 0 Å². The van der Waals surface area contributed by atoms with E-state index in [9.17, 15) is 19.8 Å². The molecule has 0 N–H and O–H groups in total. The summed E-state index contributed by atoms with van der Waals surface area (Å²) in [4.78, 5) is 20.4. The van der Waals surface area contributed by atoms with Gasteiger partial charge in [0.15, 0.2) is 0 Å². The van der Waals surface area contributed by atoms with Gasteiger partial charge in [0.25, 0.3) is 0 Å². The molecule has 0 rings (SSSR count). The first kappa shape index (κ1) is 53.5. The Hall–Kier alpha value is -0.261. The first-order valence-electron chi connectivity index (χ1n) is 20.6. The molecule has 0 aliphatic carbocycles. The van der Waals surface area contributed by atoms with E-state index in [4.69, 9.17) is 0 Å². The van der Waals surface area contributed by atoms with Crippen LogP contribution in [-0.4, -0.2) is 35.8 Å². The summed E-state index contributed by atoms with van der Waals surface area (Å²) < 4.78 is 0. The Morgan fingerprint density at radius 2 is 0.532 bits per heavy atom. The maximum absolute atomic E-state index is 10.2. The van der Waals surface area contributed by atoms with Crippen LogP contribution in [0.25, 0.3) is 0 Å². The van der Waals surface area contributed by atoms with E-state index in [0.717, 1.165) is 32.1 Å². The number of carboxylic acids is 2. The summed E-state index contributed by atoms with van der Waals surface area (Å²) in [5.74, 6) is -1.81. The zero-order chi connectivity index (χ0) is 34.6. The average Bonchev–Trinajstić information content (AvgIpc) is 3.04. The molecule has 5 heteroatoms. The van der Waals surface area contributed by atoms with Gasteiger partial charge in [0.05, 0.1) is 0 Å². The van der Waals surface area contributed by atoms with Crippen molar-refractivity contribution in [3.8, 4) is 0 Å². The third-order valence-corrected chi connectivity index (χ3v) is 8.82. The summed E-state index contributed by atoms with van der Waals surface area (Å²) in [5.41, 5.74) is 0. The fraction of sp³-hybridized carbons (Fsp3) is 0.929. The second-order valence-electron chi connectivity index (χ2n) is 13.7. The fourth-order valence-corrected chi connectivity index (χ4v) is 5.71. The van der Waals surface area contributed by atoms with Crippen molar-refractivity contribution in [1.29, 1.82) is 0 Å². The molecule has 0 saturated carbocycles. The molecule has 0 saturated heterocycles. The Morgan fingerprint density at radius 3 is 0.702 bits per heavy atom. The number of hydrogen-bond donors (Lipinski definition) is 0. The van der Waals surface area contributed by atoms with E-state index in [1.165, 1.54) is 186 Å². The van der Waals surface area contributed by atoms with Crippen molar-refractivity contribution in [2.24, 2.45) is 0 Å². The molecule has 0 unspecified atom stereocenters. The van der Waals surface area contributed by atoms with Gasteiger partial charge in [-0.05, 0) is 25.7 Å². The van der Waals surface area contributed by atoms with Gasteiger partial charge in [0.1, 0.15) is 0 Å². The fourth-order valence-electron chi connectivity index (χ4n) is 5.71. The van der Waals surface area contributed by atoms with Gasteiger partial charge in [-0.1, -0.05) is 233 Å². The number of unbranched alkanes of at least 4 members (excludes halogenated alkanes) is 31. The standard InChI is InChI=1S/2C17H34O2.C8H17.Sn.H2/c2*1-2-3-4-5-6-7-8-9-10-11-12-13-14-15-16-17(18)19;1-3-5-7-8-6-4-2;;/h2*2-16H2,1H3,(H,18,19);1,3-8H2,2H3;;1H/q;;;+2;/p-2. The van der Waals surface area contributed by atoms with Crippen LogP contribution in [-0.2, 0) is 9.59 Å². The van der Waals surface area contributed by atoms with Crippen LogP contribution in [0.1, 0.15) is 253 Å². The summed E-state index contributed by atoms with van der Waals surface area (Å²) in [5, 5.41) is 20.4. The molecule has 0 bridgehead atoms. The summed E-state index contributed by atoms with van der Waals surface area (Å²) >= 11 is 0.